The van der Waals surface area contributed by atoms with Crippen LogP contribution in [0, 0.1) is 5.92 Å². The summed E-state index contributed by atoms with van der Waals surface area (Å²) in [5, 5.41) is 3.46. The van der Waals surface area contributed by atoms with Crippen molar-refractivity contribution in [2.24, 2.45) is 11.7 Å². The summed E-state index contributed by atoms with van der Waals surface area (Å²) >= 11 is 0. The fraction of sp³-hybridized carbons (Fsp3) is 1.00. The Morgan fingerprint density at radius 3 is 2.67 bits per heavy atom. The van der Waals surface area contributed by atoms with E-state index in [1.54, 1.807) is 0 Å². The van der Waals surface area contributed by atoms with Crippen LogP contribution in [0.2, 0.25) is 0 Å². The van der Waals surface area contributed by atoms with Crippen molar-refractivity contribution in [1.29, 1.82) is 0 Å². The fourth-order valence-corrected chi connectivity index (χ4v) is 3.09. The summed E-state index contributed by atoms with van der Waals surface area (Å²) in [4.78, 5) is 2.44. The molecule has 2 unspecified atom stereocenters. The first-order valence-corrected chi connectivity index (χ1v) is 6.45. The van der Waals surface area contributed by atoms with E-state index in [0.717, 1.165) is 25.6 Å². The summed E-state index contributed by atoms with van der Waals surface area (Å²) in [6, 6.07) is 0.935. The standard InChI is InChI=1S/C12H25N3/c1-15-8-7-14-9-11(15)12(13)10-5-3-2-4-6-10/h10-12,14H,2-9,13H2,1H3. The molecule has 0 aromatic rings. The molecule has 15 heavy (non-hydrogen) atoms. The first-order valence-electron chi connectivity index (χ1n) is 6.45. The predicted octanol–water partition coefficient (Wildman–Crippen LogP) is 0.798. The molecular weight excluding hydrogens is 186 g/mol. The van der Waals surface area contributed by atoms with Gasteiger partial charge in [0.05, 0.1) is 0 Å². The molecule has 2 atom stereocenters. The highest BCUT2D eigenvalue weighted by Gasteiger charge is 2.31. The van der Waals surface area contributed by atoms with Gasteiger partial charge < -0.3 is 11.1 Å². The monoisotopic (exact) mass is 211 g/mol. The Bertz CT molecular complexity index is 189. The zero-order valence-electron chi connectivity index (χ0n) is 9.91. The second kappa shape index (κ2) is 5.28. The summed E-state index contributed by atoms with van der Waals surface area (Å²) in [6.07, 6.45) is 6.91. The van der Waals surface area contributed by atoms with Gasteiger partial charge in [-0.05, 0) is 25.8 Å². The average molecular weight is 211 g/mol. The number of nitrogens with two attached hydrogens (primary N) is 1. The SMILES string of the molecule is CN1CCNCC1C(N)C1CCCCC1. The van der Waals surface area contributed by atoms with E-state index in [1.165, 1.54) is 32.1 Å². The Hall–Kier alpha value is -0.120. The lowest BCUT2D eigenvalue weighted by Crippen LogP contribution is -2.59. The normalized spacial score (nSPS) is 32.8. The number of hydrogen-bond donors (Lipinski definition) is 2. The lowest BCUT2D eigenvalue weighted by atomic mass is 9.81. The Kier molecular flexibility index (Phi) is 4.00. The Morgan fingerprint density at radius 2 is 2.00 bits per heavy atom. The maximum Gasteiger partial charge on any atom is 0.0372 e. The van der Waals surface area contributed by atoms with E-state index in [0.29, 0.717) is 12.1 Å². The van der Waals surface area contributed by atoms with E-state index in [2.05, 4.69) is 17.3 Å². The van der Waals surface area contributed by atoms with Gasteiger partial charge in [0.2, 0.25) is 0 Å². The first-order chi connectivity index (χ1) is 7.29. The maximum absolute atomic E-state index is 6.43. The van der Waals surface area contributed by atoms with Crippen molar-refractivity contribution in [2.45, 2.75) is 44.2 Å². The molecule has 1 saturated carbocycles. The third kappa shape index (κ3) is 2.71. The van der Waals surface area contributed by atoms with Gasteiger partial charge in [0.15, 0.2) is 0 Å². The number of likely N-dealkylation sites (N-methyl/N-ethyl adjacent to an activating group) is 1. The van der Waals surface area contributed by atoms with Crippen LogP contribution in [0.1, 0.15) is 32.1 Å². The zero-order chi connectivity index (χ0) is 10.7. The fourth-order valence-electron chi connectivity index (χ4n) is 3.09. The van der Waals surface area contributed by atoms with E-state index in [9.17, 15) is 0 Å². The minimum Gasteiger partial charge on any atom is -0.326 e. The molecule has 3 N–H and O–H groups in total. The lowest BCUT2D eigenvalue weighted by molar-refractivity contribution is 0.133. The number of nitrogens with one attached hydrogen (secondary N) is 1. The molecule has 1 heterocycles. The molecule has 0 bridgehead atoms. The van der Waals surface area contributed by atoms with Crippen LogP contribution in [0.15, 0.2) is 0 Å². The highest BCUT2D eigenvalue weighted by atomic mass is 15.2. The molecule has 0 radical (unpaired) electrons. The molecule has 2 aliphatic rings. The number of hydrogen-bond acceptors (Lipinski definition) is 3. The second-order valence-corrected chi connectivity index (χ2v) is 5.23. The highest BCUT2D eigenvalue weighted by Crippen LogP contribution is 2.28. The molecule has 2 rings (SSSR count). The van der Waals surface area contributed by atoms with Crippen molar-refractivity contribution < 1.29 is 0 Å². The zero-order valence-corrected chi connectivity index (χ0v) is 9.91. The summed E-state index contributed by atoms with van der Waals surface area (Å²) in [7, 11) is 2.22. The van der Waals surface area contributed by atoms with Gasteiger partial charge in [-0.25, -0.2) is 0 Å². The van der Waals surface area contributed by atoms with Gasteiger partial charge in [-0.15, -0.1) is 0 Å². The number of piperazine rings is 1. The van der Waals surface area contributed by atoms with Crippen molar-refractivity contribution in [1.82, 2.24) is 10.2 Å². The van der Waals surface area contributed by atoms with Crippen molar-refractivity contribution in [3.63, 3.8) is 0 Å². The summed E-state index contributed by atoms with van der Waals surface area (Å²) in [5.74, 6) is 0.770. The molecular formula is C12H25N3. The molecule has 0 spiro atoms. The molecule has 3 nitrogen and oxygen atoms in total. The third-order valence-corrected chi connectivity index (χ3v) is 4.20. The summed E-state index contributed by atoms with van der Waals surface area (Å²) in [6.45, 7) is 3.34. The number of rotatable bonds is 2. The molecule has 0 aromatic heterocycles. The molecule has 1 aliphatic heterocycles. The van der Waals surface area contributed by atoms with Gasteiger partial charge in [0, 0.05) is 31.7 Å². The number of nitrogens with zero attached hydrogens (tertiary/aromatic N) is 1. The molecule has 0 aromatic carbocycles. The van der Waals surface area contributed by atoms with Gasteiger partial charge in [0.25, 0.3) is 0 Å². The van der Waals surface area contributed by atoms with E-state index >= 15 is 0 Å². The van der Waals surface area contributed by atoms with Crippen molar-refractivity contribution >= 4 is 0 Å². The maximum atomic E-state index is 6.43. The van der Waals surface area contributed by atoms with Crippen LogP contribution >= 0.6 is 0 Å². The smallest absolute Gasteiger partial charge is 0.0372 e. The average Bonchev–Trinajstić information content (AvgIpc) is 2.30. The first kappa shape index (κ1) is 11.4. The van der Waals surface area contributed by atoms with Crippen LogP contribution in [0.4, 0.5) is 0 Å². The summed E-state index contributed by atoms with van der Waals surface area (Å²) < 4.78 is 0. The highest BCUT2D eigenvalue weighted by molar-refractivity contribution is 4.91. The van der Waals surface area contributed by atoms with Crippen molar-refractivity contribution in [3.8, 4) is 0 Å². The van der Waals surface area contributed by atoms with Gasteiger partial charge in [-0.3, -0.25) is 4.90 Å². The van der Waals surface area contributed by atoms with E-state index < -0.39 is 0 Å². The largest absolute Gasteiger partial charge is 0.326 e. The molecule has 0 amide bonds. The van der Waals surface area contributed by atoms with Crippen LogP contribution in [-0.4, -0.2) is 43.7 Å². The molecule has 1 saturated heterocycles. The topological polar surface area (TPSA) is 41.3 Å². The Labute approximate surface area is 93.4 Å². The predicted molar refractivity (Wildman–Crippen MR) is 63.8 cm³/mol. The second-order valence-electron chi connectivity index (χ2n) is 5.23. The van der Waals surface area contributed by atoms with E-state index in [-0.39, 0.29) is 0 Å². The third-order valence-electron chi connectivity index (χ3n) is 4.20. The molecule has 88 valence electrons. The van der Waals surface area contributed by atoms with Crippen LogP contribution < -0.4 is 11.1 Å². The van der Waals surface area contributed by atoms with E-state index in [4.69, 9.17) is 5.73 Å². The molecule has 2 fully saturated rings. The minimum absolute atomic E-state index is 0.378. The Balaban J connectivity index is 1.89. The minimum atomic E-state index is 0.378. The molecule has 1 aliphatic carbocycles. The van der Waals surface area contributed by atoms with E-state index in [1.807, 2.05) is 0 Å². The van der Waals surface area contributed by atoms with Crippen LogP contribution in [-0.2, 0) is 0 Å². The van der Waals surface area contributed by atoms with Crippen LogP contribution in [0.5, 0.6) is 0 Å². The molecule has 3 heteroatoms. The summed E-state index contributed by atoms with van der Waals surface area (Å²) in [5.41, 5.74) is 6.43. The Morgan fingerprint density at radius 1 is 1.27 bits per heavy atom. The van der Waals surface area contributed by atoms with Gasteiger partial charge >= 0.3 is 0 Å². The van der Waals surface area contributed by atoms with Gasteiger partial charge in [-0.1, -0.05) is 19.3 Å². The van der Waals surface area contributed by atoms with Crippen LogP contribution in [0.25, 0.3) is 0 Å². The van der Waals surface area contributed by atoms with Crippen LogP contribution in [0.3, 0.4) is 0 Å². The van der Waals surface area contributed by atoms with Gasteiger partial charge in [0.1, 0.15) is 0 Å². The van der Waals surface area contributed by atoms with Gasteiger partial charge in [-0.2, -0.15) is 0 Å². The van der Waals surface area contributed by atoms with Crippen molar-refractivity contribution in [2.75, 3.05) is 26.7 Å². The van der Waals surface area contributed by atoms with Crippen molar-refractivity contribution in [3.05, 3.63) is 0 Å². The quantitative estimate of drug-likeness (QED) is 0.710. The lowest BCUT2D eigenvalue weighted by Gasteiger charge is -2.41.